The molecule has 0 aliphatic carbocycles. The fourth-order valence-corrected chi connectivity index (χ4v) is 4.39. The Labute approximate surface area is 194 Å². The van der Waals surface area contributed by atoms with Crippen molar-refractivity contribution in [2.75, 3.05) is 50.8 Å². The highest BCUT2D eigenvalue weighted by atomic mass is 32.1. The minimum atomic E-state index is -0.301. The van der Waals surface area contributed by atoms with E-state index in [2.05, 4.69) is 35.3 Å². The molecule has 1 fully saturated rings. The zero-order chi connectivity index (χ0) is 22.9. The average molecular weight is 460 g/mol. The molecule has 0 atom stereocenters. The van der Waals surface area contributed by atoms with Crippen molar-refractivity contribution in [2.24, 2.45) is 5.92 Å². The van der Waals surface area contributed by atoms with Crippen LogP contribution in [0.25, 0.3) is 0 Å². The van der Waals surface area contributed by atoms with Crippen LogP contribution in [-0.4, -0.2) is 77.0 Å². The topological polar surface area (TPSA) is 78.9 Å². The minimum Gasteiger partial charge on any atom is -0.450 e. The third-order valence-electron chi connectivity index (χ3n) is 5.27. The van der Waals surface area contributed by atoms with E-state index in [0.717, 1.165) is 17.5 Å². The van der Waals surface area contributed by atoms with Crippen LogP contribution in [0.3, 0.4) is 0 Å². The molecule has 0 saturated carbocycles. The van der Waals surface area contributed by atoms with Crippen molar-refractivity contribution >= 4 is 28.7 Å². The molecule has 9 heteroatoms. The quantitative estimate of drug-likeness (QED) is 0.573. The van der Waals surface area contributed by atoms with Gasteiger partial charge >= 0.3 is 6.09 Å². The van der Waals surface area contributed by atoms with Gasteiger partial charge in [-0.05, 0) is 18.4 Å². The number of rotatable bonds is 9. The van der Waals surface area contributed by atoms with Gasteiger partial charge in [0, 0.05) is 63.6 Å². The third-order valence-corrected chi connectivity index (χ3v) is 6.09. The van der Waals surface area contributed by atoms with E-state index in [-0.39, 0.29) is 12.0 Å². The molecule has 3 rings (SSSR count). The summed E-state index contributed by atoms with van der Waals surface area (Å²) in [5, 5.41) is 0.865. The lowest BCUT2D eigenvalue weighted by molar-refractivity contribution is -0.132. The van der Waals surface area contributed by atoms with Crippen molar-refractivity contribution < 1.29 is 14.3 Å². The smallest absolute Gasteiger partial charge is 0.409 e. The number of carbonyl (C=O) groups is 2. The van der Waals surface area contributed by atoms with Gasteiger partial charge in [0.25, 0.3) is 0 Å². The highest BCUT2D eigenvalue weighted by Crippen LogP contribution is 2.21. The lowest BCUT2D eigenvalue weighted by Gasteiger charge is -2.34. The monoisotopic (exact) mass is 459 g/mol. The number of anilines is 1. The first-order valence-corrected chi connectivity index (χ1v) is 12.0. The average Bonchev–Trinajstić information content (AvgIpc) is 3.25. The molecular formula is C23H33N5O3S. The first-order chi connectivity index (χ1) is 15.5. The van der Waals surface area contributed by atoms with Crippen LogP contribution in [0.2, 0.25) is 0 Å². The third kappa shape index (κ3) is 6.91. The molecule has 2 aromatic rings. The van der Waals surface area contributed by atoms with Crippen molar-refractivity contribution in [3.05, 3.63) is 41.7 Å². The molecule has 1 aromatic heterocycles. The molecular weight excluding hydrogens is 426 g/mol. The second-order valence-corrected chi connectivity index (χ2v) is 9.04. The van der Waals surface area contributed by atoms with Gasteiger partial charge in [-0.25, -0.2) is 9.78 Å². The number of nitrogens with zero attached hydrogens (tertiary/aromatic N) is 5. The fraction of sp³-hybridized carbons (Fsp3) is 0.565. The lowest BCUT2D eigenvalue weighted by atomic mass is 10.1. The Bertz CT molecular complexity index is 866. The predicted molar refractivity (Wildman–Crippen MR) is 126 cm³/mol. The van der Waals surface area contributed by atoms with Crippen molar-refractivity contribution in [1.29, 1.82) is 0 Å². The Kier molecular flexibility index (Phi) is 8.84. The highest BCUT2D eigenvalue weighted by molar-refractivity contribution is 7.09. The lowest BCUT2D eigenvalue weighted by Crippen LogP contribution is -2.51. The number of ether oxygens (including phenoxy) is 1. The molecule has 1 aromatic carbocycles. The van der Waals surface area contributed by atoms with E-state index in [4.69, 9.17) is 9.72 Å². The molecule has 0 radical (unpaired) electrons. The summed E-state index contributed by atoms with van der Waals surface area (Å²) in [5.74, 6) is 1.36. The van der Waals surface area contributed by atoms with Crippen LogP contribution in [0.1, 0.15) is 38.6 Å². The van der Waals surface area contributed by atoms with Crippen molar-refractivity contribution in [3.63, 3.8) is 0 Å². The van der Waals surface area contributed by atoms with E-state index < -0.39 is 0 Å². The second-order valence-electron chi connectivity index (χ2n) is 8.31. The van der Waals surface area contributed by atoms with Crippen LogP contribution < -0.4 is 4.90 Å². The zero-order valence-corrected chi connectivity index (χ0v) is 20.0. The number of aromatic nitrogens is 2. The Morgan fingerprint density at radius 1 is 1.12 bits per heavy atom. The molecule has 0 N–H and O–H groups in total. The van der Waals surface area contributed by atoms with E-state index in [9.17, 15) is 9.59 Å². The maximum atomic E-state index is 12.8. The molecule has 8 nitrogen and oxygen atoms in total. The summed E-state index contributed by atoms with van der Waals surface area (Å²) in [7, 11) is 0. The van der Waals surface area contributed by atoms with Gasteiger partial charge in [-0.2, -0.15) is 4.37 Å². The normalized spacial score (nSPS) is 14.0. The Morgan fingerprint density at radius 3 is 2.47 bits per heavy atom. The van der Waals surface area contributed by atoms with Gasteiger partial charge in [0.15, 0.2) is 0 Å². The summed E-state index contributed by atoms with van der Waals surface area (Å²) < 4.78 is 9.59. The van der Waals surface area contributed by atoms with Gasteiger partial charge in [0.05, 0.1) is 6.61 Å². The fourth-order valence-electron chi connectivity index (χ4n) is 3.67. The molecule has 2 amide bonds. The predicted octanol–water partition coefficient (Wildman–Crippen LogP) is 3.28. The Morgan fingerprint density at radius 2 is 1.81 bits per heavy atom. The Balaban J connectivity index is 1.54. The summed E-state index contributed by atoms with van der Waals surface area (Å²) in [6.07, 6.45) is 0.821. The van der Waals surface area contributed by atoms with Crippen LogP contribution in [0.15, 0.2) is 30.3 Å². The minimum absolute atomic E-state index is 0.108. The molecule has 2 heterocycles. The first-order valence-electron chi connectivity index (χ1n) is 11.3. The maximum Gasteiger partial charge on any atom is 0.409 e. The van der Waals surface area contributed by atoms with E-state index in [0.29, 0.717) is 58.1 Å². The van der Waals surface area contributed by atoms with Gasteiger partial charge in [-0.15, -0.1) is 0 Å². The molecule has 0 spiro atoms. The molecule has 0 bridgehead atoms. The highest BCUT2D eigenvalue weighted by Gasteiger charge is 2.25. The van der Waals surface area contributed by atoms with E-state index in [1.165, 1.54) is 17.1 Å². The molecule has 1 aliphatic rings. The number of carbonyl (C=O) groups excluding carboxylic acids is 2. The number of piperazine rings is 1. The number of hydrogen-bond donors (Lipinski definition) is 0. The SMILES string of the molecule is CCOC(=O)N1CCN(C(=O)CCN(CC(C)C)c2nc(Cc3ccccc3)ns2)CC1. The molecule has 174 valence electrons. The van der Waals surface area contributed by atoms with Crippen LogP contribution in [0.5, 0.6) is 0 Å². The Hall–Kier alpha value is -2.68. The first kappa shape index (κ1) is 24.0. The summed E-state index contributed by atoms with van der Waals surface area (Å²) in [6.45, 7) is 10.0. The van der Waals surface area contributed by atoms with Crippen LogP contribution in [-0.2, 0) is 16.0 Å². The number of benzene rings is 1. The van der Waals surface area contributed by atoms with Gasteiger partial charge in [0.1, 0.15) is 5.82 Å². The van der Waals surface area contributed by atoms with Crippen LogP contribution in [0, 0.1) is 5.92 Å². The van der Waals surface area contributed by atoms with E-state index >= 15 is 0 Å². The summed E-state index contributed by atoms with van der Waals surface area (Å²) in [5.41, 5.74) is 1.18. The van der Waals surface area contributed by atoms with Crippen LogP contribution in [0.4, 0.5) is 9.93 Å². The standard InChI is InChI=1S/C23H33N5O3S/c1-4-31-23(30)27-14-12-26(13-15-27)21(29)10-11-28(17-18(2)3)22-24-20(25-32-22)16-19-8-6-5-7-9-19/h5-9,18H,4,10-17H2,1-3H3. The van der Waals surface area contributed by atoms with Crippen molar-refractivity contribution in [3.8, 4) is 0 Å². The zero-order valence-electron chi connectivity index (χ0n) is 19.2. The summed E-state index contributed by atoms with van der Waals surface area (Å²) in [4.78, 5) is 35.1. The second kappa shape index (κ2) is 11.8. The summed E-state index contributed by atoms with van der Waals surface area (Å²) >= 11 is 1.40. The van der Waals surface area contributed by atoms with Crippen molar-refractivity contribution in [2.45, 2.75) is 33.6 Å². The molecule has 32 heavy (non-hydrogen) atoms. The largest absolute Gasteiger partial charge is 0.450 e. The molecule has 0 unspecified atom stereocenters. The maximum absolute atomic E-state index is 12.8. The van der Waals surface area contributed by atoms with Gasteiger partial charge in [-0.1, -0.05) is 44.2 Å². The van der Waals surface area contributed by atoms with Gasteiger partial charge < -0.3 is 19.4 Å². The number of amides is 2. The van der Waals surface area contributed by atoms with Gasteiger partial charge in [-0.3, -0.25) is 4.79 Å². The van der Waals surface area contributed by atoms with Crippen molar-refractivity contribution in [1.82, 2.24) is 19.2 Å². The van der Waals surface area contributed by atoms with E-state index in [1.807, 2.05) is 23.1 Å². The molecule has 1 aliphatic heterocycles. The van der Waals surface area contributed by atoms with Gasteiger partial charge in [0.2, 0.25) is 11.0 Å². The molecule has 1 saturated heterocycles. The number of hydrogen-bond acceptors (Lipinski definition) is 7. The van der Waals surface area contributed by atoms with E-state index in [1.54, 1.807) is 11.8 Å². The summed E-state index contributed by atoms with van der Waals surface area (Å²) in [6, 6.07) is 10.2. The van der Waals surface area contributed by atoms with Crippen LogP contribution >= 0.6 is 11.5 Å².